The van der Waals surface area contributed by atoms with Gasteiger partial charge in [0.1, 0.15) is 35.6 Å². The predicted molar refractivity (Wildman–Crippen MR) is 213 cm³/mol. The second kappa shape index (κ2) is 18.3. The SMILES string of the molecule is Cc1ccc(C(=O)NCC(O)CO)cc1-n1c(C)cc(OCc2ccccc2CNC(=O)Nc2cc(C(C)(C)C)nn2-c2cccc(OCCO)c2)c(Cl)c1=O. The molecule has 3 aromatic carbocycles. The number of hydrogen-bond acceptors (Lipinski definition) is 9. The highest BCUT2D eigenvalue weighted by molar-refractivity contribution is 6.31. The van der Waals surface area contributed by atoms with Gasteiger partial charge in [-0.25, -0.2) is 9.48 Å². The van der Waals surface area contributed by atoms with Crippen LogP contribution in [0.5, 0.6) is 11.5 Å². The first-order chi connectivity index (χ1) is 26.7. The van der Waals surface area contributed by atoms with Crippen LogP contribution in [-0.2, 0) is 18.6 Å². The van der Waals surface area contributed by atoms with E-state index in [-0.39, 0.29) is 54.7 Å². The van der Waals surface area contributed by atoms with E-state index in [1.54, 1.807) is 54.9 Å². The number of aliphatic hydroxyl groups excluding tert-OH is 3. The topological polar surface area (TPSA) is 189 Å². The third kappa shape index (κ3) is 10.1. The molecule has 0 aliphatic carbocycles. The van der Waals surface area contributed by atoms with Gasteiger partial charge in [0.25, 0.3) is 11.5 Å². The van der Waals surface area contributed by atoms with E-state index in [4.69, 9.17) is 31.3 Å². The van der Waals surface area contributed by atoms with E-state index >= 15 is 0 Å². The molecule has 2 heterocycles. The summed E-state index contributed by atoms with van der Waals surface area (Å²) in [7, 11) is 0. The van der Waals surface area contributed by atoms with Crippen LogP contribution in [0, 0.1) is 13.8 Å². The van der Waals surface area contributed by atoms with E-state index in [0.717, 1.165) is 22.4 Å². The number of rotatable bonds is 15. The zero-order chi connectivity index (χ0) is 40.6. The fraction of sp³-hybridized carbons (Fsp3) is 0.317. The molecule has 5 aromatic rings. The minimum Gasteiger partial charge on any atom is -0.491 e. The number of urea groups is 1. The third-order valence-electron chi connectivity index (χ3n) is 8.80. The molecule has 2 aromatic heterocycles. The number of halogens is 1. The Bertz CT molecular complexity index is 2250. The molecule has 5 rings (SSSR count). The fourth-order valence-corrected chi connectivity index (χ4v) is 5.91. The number of benzene rings is 3. The molecule has 0 fully saturated rings. The number of aromatic nitrogens is 3. The Morgan fingerprint density at radius 2 is 1.68 bits per heavy atom. The summed E-state index contributed by atoms with van der Waals surface area (Å²) in [5.74, 6) is 0.696. The molecular formula is C41H47ClN6O8. The van der Waals surface area contributed by atoms with E-state index in [9.17, 15) is 24.6 Å². The van der Waals surface area contributed by atoms with Crippen LogP contribution in [-0.4, -0.2) is 74.1 Å². The number of carbonyl (C=O) groups excluding carboxylic acids is 2. The maximum Gasteiger partial charge on any atom is 0.320 e. The number of hydrogen-bond donors (Lipinski definition) is 6. The normalized spacial score (nSPS) is 11.9. The first-order valence-corrected chi connectivity index (χ1v) is 18.4. The number of nitrogens with one attached hydrogen (secondary N) is 3. The number of carbonyl (C=O) groups is 2. The van der Waals surface area contributed by atoms with Crippen molar-refractivity contribution >= 4 is 29.4 Å². The van der Waals surface area contributed by atoms with Crippen molar-refractivity contribution in [3.63, 3.8) is 0 Å². The van der Waals surface area contributed by atoms with Gasteiger partial charge in [-0.15, -0.1) is 0 Å². The van der Waals surface area contributed by atoms with Gasteiger partial charge >= 0.3 is 6.03 Å². The summed E-state index contributed by atoms with van der Waals surface area (Å²) in [6, 6.07) is 22.5. The average Bonchev–Trinajstić information content (AvgIpc) is 3.61. The Hall–Kier alpha value is -5.67. The van der Waals surface area contributed by atoms with E-state index in [1.807, 2.05) is 63.2 Å². The van der Waals surface area contributed by atoms with Crippen molar-refractivity contribution in [1.82, 2.24) is 25.0 Å². The monoisotopic (exact) mass is 786 g/mol. The van der Waals surface area contributed by atoms with Crippen LogP contribution >= 0.6 is 11.6 Å². The van der Waals surface area contributed by atoms with Crippen molar-refractivity contribution in [2.45, 2.75) is 59.3 Å². The van der Waals surface area contributed by atoms with Gasteiger partial charge in [-0.1, -0.05) is 68.8 Å². The molecule has 0 radical (unpaired) electrons. The average molecular weight is 787 g/mol. The van der Waals surface area contributed by atoms with Crippen LogP contribution in [0.3, 0.4) is 0 Å². The number of aryl methyl sites for hydroxylation is 2. The van der Waals surface area contributed by atoms with Crippen molar-refractivity contribution in [3.05, 3.63) is 128 Å². The van der Waals surface area contributed by atoms with Gasteiger partial charge in [0.2, 0.25) is 0 Å². The fourth-order valence-electron chi connectivity index (χ4n) is 5.72. The van der Waals surface area contributed by atoms with Crippen molar-refractivity contribution in [1.29, 1.82) is 0 Å². The standard InChI is InChI=1S/C41H47ClN6O8/c1-25-13-14-27(38(52)43-22-31(51)23-50)18-33(25)47-26(2)17-34(37(42)39(47)53)56-24-29-10-7-6-9-28(29)21-44-40(54)45-36-20-35(41(3,4)5)46-48(36)30-11-8-12-32(19-30)55-16-15-49/h6-14,17-20,31,49-51H,15-16,21-24H2,1-5H3,(H,43,52)(H2,44,45,54). The molecule has 56 heavy (non-hydrogen) atoms. The van der Waals surface area contributed by atoms with Crippen LogP contribution < -0.4 is 31.0 Å². The second-order valence-electron chi connectivity index (χ2n) is 14.2. The van der Waals surface area contributed by atoms with E-state index in [1.165, 1.54) is 4.57 Å². The van der Waals surface area contributed by atoms with Gasteiger partial charge in [-0.2, -0.15) is 5.10 Å². The van der Waals surface area contributed by atoms with Crippen LogP contribution in [0.2, 0.25) is 5.02 Å². The summed E-state index contributed by atoms with van der Waals surface area (Å²) in [6.45, 7) is 9.22. The molecule has 0 aliphatic rings. The zero-order valence-electron chi connectivity index (χ0n) is 31.9. The third-order valence-corrected chi connectivity index (χ3v) is 9.15. The molecule has 0 bridgehead atoms. The number of anilines is 1. The number of pyridine rings is 1. The number of amides is 3. The molecule has 0 saturated carbocycles. The molecule has 1 atom stereocenters. The lowest BCUT2D eigenvalue weighted by molar-refractivity contribution is 0.0802. The van der Waals surface area contributed by atoms with Gasteiger partial charge < -0.3 is 35.4 Å². The Balaban J connectivity index is 1.29. The molecule has 6 N–H and O–H groups in total. The van der Waals surface area contributed by atoms with E-state index in [0.29, 0.717) is 28.6 Å². The van der Waals surface area contributed by atoms with Gasteiger partial charge in [0.05, 0.1) is 36.4 Å². The summed E-state index contributed by atoms with van der Waals surface area (Å²) in [6.07, 6.45) is -1.10. The minimum absolute atomic E-state index is 0.0485. The maximum absolute atomic E-state index is 13.6. The van der Waals surface area contributed by atoms with Crippen molar-refractivity contribution in [3.8, 4) is 22.9 Å². The highest BCUT2D eigenvalue weighted by atomic mass is 35.5. The van der Waals surface area contributed by atoms with Crippen LogP contribution in [0.15, 0.2) is 83.7 Å². The van der Waals surface area contributed by atoms with Gasteiger partial charge in [0.15, 0.2) is 0 Å². The lowest BCUT2D eigenvalue weighted by atomic mass is 9.92. The molecular weight excluding hydrogens is 740 g/mol. The molecule has 14 nitrogen and oxygen atoms in total. The van der Waals surface area contributed by atoms with Gasteiger partial charge in [-0.3, -0.25) is 19.5 Å². The second-order valence-corrected chi connectivity index (χ2v) is 14.5. The Morgan fingerprint density at radius 3 is 2.39 bits per heavy atom. The summed E-state index contributed by atoms with van der Waals surface area (Å²) >= 11 is 6.60. The largest absolute Gasteiger partial charge is 0.491 e. The Kier molecular flexibility index (Phi) is 13.6. The maximum atomic E-state index is 13.6. The number of nitrogens with zero attached hydrogens (tertiary/aromatic N) is 3. The number of ether oxygens (including phenoxy) is 2. The molecule has 15 heteroatoms. The molecule has 296 valence electrons. The summed E-state index contributed by atoms with van der Waals surface area (Å²) < 4.78 is 14.7. The molecule has 0 saturated heterocycles. The summed E-state index contributed by atoms with van der Waals surface area (Å²) in [5.41, 5.74) is 4.06. The quantitative estimate of drug-likeness (QED) is 0.0854. The molecule has 0 aliphatic heterocycles. The molecule has 3 amide bonds. The van der Waals surface area contributed by atoms with Crippen molar-refractivity contribution in [2.75, 3.05) is 31.7 Å². The molecule has 0 spiro atoms. The highest BCUT2D eigenvalue weighted by Gasteiger charge is 2.22. The van der Waals surface area contributed by atoms with E-state index < -0.39 is 30.2 Å². The smallest absolute Gasteiger partial charge is 0.320 e. The van der Waals surface area contributed by atoms with Crippen LogP contribution in [0.4, 0.5) is 10.6 Å². The van der Waals surface area contributed by atoms with Gasteiger partial charge in [0, 0.05) is 48.0 Å². The first-order valence-electron chi connectivity index (χ1n) is 18.0. The van der Waals surface area contributed by atoms with Crippen LogP contribution in [0.25, 0.3) is 11.4 Å². The summed E-state index contributed by atoms with van der Waals surface area (Å²) in [5, 5.41) is 40.8. The minimum atomic E-state index is -1.10. The highest BCUT2D eigenvalue weighted by Crippen LogP contribution is 2.29. The van der Waals surface area contributed by atoms with E-state index in [2.05, 4.69) is 16.0 Å². The van der Waals surface area contributed by atoms with Gasteiger partial charge in [-0.05, 0) is 54.8 Å². The Morgan fingerprint density at radius 1 is 0.929 bits per heavy atom. The van der Waals surface area contributed by atoms with Crippen LogP contribution in [0.1, 0.15) is 59.2 Å². The Labute approximate surface area is 329 Å². The van der Waals surface area contributed by atoms with Crippen molar-refractivity contribution < 1.29 is 34.4 Å². The van der Waals surface area contributed by atoms with Crippen molar-refractivity contribution in [2.24, 2.45) is 0 Å². The lowest BCUT2D eigenvalue weighted by Gasteiger charge is -2.18. The number of aliphatic hydroxyl groups is 3. The first kappa shape index (κ1) is 41.5. The predicted octanol–water partition coefficient (Wildman–Crippen LogP) is 4.95. The lowest BCUT2D eigenvalue weighted by Crippen LogP contribution is -2.34. The molecule has 1 unspecified atom stereocenters. The summed E-state index contributed by atoms with van der Waals surface area (Å²) in [4.78, 5) is 39.7. The zero-order valence-corrected chi connectivity index (χ0v) is 32.7.